The summed E-state index contributed by atoms with van der Waals surface area (Å²) < 4.78 is 30.2. The van der Waals surface area contributed by atoms with Gasteiger partial charge in [0.2, 0.25) is 0 Å². The van der Waals surface area contributed by atoms with Gasteiger partial charge < -0.3 is 14.3 Å². The standard InChI is InChI=1S/C18H21O4P.C18H21O3P/c1-5-16-12(2)11-13(3)17(14(16)4)18(19)22-23(20,21)15-9-7-6-8-10-15;1-5-15-8-6-7-9-16(15)22(20,21)18(19)17-13(3)10-12(2)11-14(17)4/h6-11H,5H2,1-4H3,(H,20,21);6-11H,5H2,1-4H3,(H,20,21). The highest BCUT2D eigenvalue weighted by molar-refractivity contribution is 7.82. The van der Waals surface area contributed by atoms with Crippen molar-refractivity contribution in [2.24, 2.45) is 0 Å². The van der Waals surface area contributed by atoms with Crippen LogP contribution < -0.4 is 10.6 Å². The van der Waals surface area contributed by atoms with E-state index in [9.17, 15) is 28.5 Å². The molecule has 0 bridgehead atoms. The molecule has 0 spiro atoms. The first-order chi connectivity index (χ1) is 21.1. The Bertz CT molecular complexity index is 1800. The van der Waals surface area contributed by atoms with E-state index in [2.05, 4.69) is 0 Å². The molecular formula is C36H42O7P2. The molecule has 0 aliphatic rings. The molecule has 0 fully saturated rings. The van der Waals surface area contributed by atoms with E-state index in [4.69, 9.17) is 4.52 Å². The largest absolute Gasteiger partial charge is 0.410 e. The predicted molar refractivity (Wildman–Crippen MR) is 182 cm³/mol. The van der Waals surface area contributed by atoms with Crippen LogP contribution in [0.3, 0.4) is 0 Å². The second-order valence-corrected chi connectivity index (χ2v) is 15.0. The van der Waals surface area contributed by atoms with Gasteiger partial charge in [-0.1, -0.05) is 74.0 Å². The second-order valence-electron chi connectivity index (χ2n) is 11.2. The van der Waals surface area contributed by atoms with Crippen molar-refractivity contribution in [3.05, 3.63) is 128 Å². The number of benzene rings is 4. The molecule has 0 saturated heterocycles. The van der Waals surface area contributed by atoms with Crippen molar-refractivity contribution in [1.82, 2.24) is 0 Å². The molecule has 2 N–H and O–H groups in total. The van der Waals surface area contributed by atoms with E-state index < -0.39 is 26.5 Å². The lowest BCUT2D eigenvalue weighted by atomic mass is 9.92. The van der Waals surface area contributed by atoms with Crippen molar-refractivity contribution in [2.45, 2.75) is 68.2 Å². The first kappa shape index (κ1) is 35.9. The molecule has 0 amide bonds. The smallest absolute Gasteiger partial charge is 0.385 e. The van der Waals surface area contributed by atoms with E-state index in [1.807, 2.05) is 58.9 Å². The molecule has 0 aliphatic heterocycles. The van der Waals surface area contributed by atoms with E-state index in [-0.39, 0.29) is 10.6 Å². The Morgan fingerprint density at radius 3 is 1.78 bits per heavy atom. The number of hydrogen-bond donors (Lipinski definition) is 2. The summed E-state index contributed by atoms with van der Waals surface area (Å²) in [5.41, 5.74) is 7.04. The van der Waals surface area contributed by atoms with Gasteiger partial charge >= 0.3 is 13.6 Å². The zero-order chi connectivity index (χ0) is 33.7. The van der Waals surface area contributed by atoms with Crippen LogP contribution in [0.1, 0.15) is 79.1 Å². The monoisotopic (exact) mass is 648 g/mol. The Labute approximate surface area is 266 Å². The molecule has 0 radical (unpaired) electrons. The summed E-state index contributed by atoms with van der Waals surface area (Å²) in [5.74, 6) is -0.760. The Hall–Kier alpha value is -3.60. The molecule has 9 heteroatoms. The summed E-state index contributed by atoms with van der Waals surface area (Å²) in [6.45, 7) is 15.1. The highest BCUT2D eigenvalue weighted by Crippen LogP contribution is 2.46. The maximum atomic E-state index is 12.9. The van der Waals surface area contributed by atoms with Crippen molar-refractivity contribution in [3.63, 3.8) is 0 Å². The van der Waals surface area contributed by atoms with Crippen molar-refractivity contribution in [1.29, 1.82) is 0 Å². The summed E-state index contributed by atoms with van der Waals surface area (Å²) in [7, 11) is -8.31. The topological polar surface area (TPSA) is 118 Å². The third kappa shape index (κ3) is 7.98. The van der Waals surface area contributed by atoms with Crippen LogP contribution in [0.15, 0.2) is 72.8 Å². The molecule has 0 heterocycles. The van der Waals surface area contributed by atoms with Gasteiger partial charge in [0.05, 0.1) is 10.9 Å². The van der Waals surface area contributed by atoms with E-state index in [1.165, 1.54) is 12.1 Å². The SMILES string of the molecule is CCc1c(C)cc(C)c(C(=O)OP(=O)(O)c2ccccc2)c1C.CCc1ccccc1P(=O)(O)C(=O)c1c(C)cc(C)cc1C. The van der Waals surface area contributed by atoms with Gasteiger partial charge in [-0.25, -0.2) is 9.36 Å². The highest BCUT2D eigenvalue weighted by Gasteiger charge is 2.35. The number of hydrogen-bond acceptors (Lipinski definition) is 5. The van der Waals surface area contributed by atoms with E-state index >= 15 is 0 Å². The van der Waals surface area contributed by atoms with Gasteiger partial charge in [-0.05, 0) is 112 Å². The number of rotatable bonds is 8. The zero-order valence-electron chi connectivity index (χ0n) is 27.2. The van der Waals surface area contributed by atoms with Gasteiger partial charge in [0.15, 0.2) is 0 Å². The molecule has 7 nitrogen and oxygen atoms in total. The van der Waals surface area contributed by atoms with E-state index in [0.717, 1.165) is 50.9 Å². The fourth-order valence-electron chi connectivity index (χ4n) is 5.80. The molecule has 0 aliphatic carbocycles. The fraction of sp³-hybridized carbons (Fsp3) is 0.278. The Morgan fingerprint density at radius 2 is 1.22 bits per heavy atom. The van der Waals surface area contributed by atoms with Crippen molar-refractivity contribution < 1.29 is 33.0 Å². The average molecular weight is 649 g/mol. The van der Waals surface area contributed by atoms with Gasteiger partial charge in [-0.3, -0.25) is 9.36 Å². The Kier molecular flexibility index (Phi) is 11.7. The summed E-state index contributed by atoms with van der Waals surface area (Å²) in [4.78, 5) is 45.9. The first-order valence-electron chi connectivity index (χ1n) is 14.8. The van der Waals surface area contributed by atoms with Crippen LogP contribution in [0, 0.1) is 41.5 Å². The maximum Gasteiger partial charge on any atom is 0.410 e. The minimum absolute atomic E-state index is 0.103. The Morgan fingerprint density at radius 1 is 0.689 bits per heavy atom. The number of aryl methyl sites for hydroxylation is 6. The molecule has 0 aromatic heterocycles. The van der Waals surface area contributed by atoms with Gasteiger partial charge in [-0.15, -0.1) is 0 Å². The number of carbonyl (C=O) groups is 2. The lowest BCUT2D eigenvalue weighted by molar-refractivity contribution is 0.0721. The van der Waals surface area contributed by atoms with Crippen LogP contribution in [0.4, 0.5) is 0 Å². The summed E-state index contributed by atoms with van der Waals surface area (Å²) >= 11 is 0. The van der Waals surface area contributed by atoms with Gasteiger partial charge in [0.1, 0.15) is 0 Å². The fourth-order valence-corrected chi connectivity index (χ4v) is 8.55. The molecule has 4 aromatic rings. The molecule has 45 heavy (non-hydrogen) atoms. The van der Waals surface area contributed by atoms with Crippen LogP contribution in [0.5, 0.6) is 0 Å². The van der Waals surface area contributed by atoms with Crippen LogP contribution in [0.25, 0.3) is 0 Å². The quantitative estimate of drug-likeness (QED) is 0.188. The van der Waals surface area contributed by atoms with Gasteiger partial charge in [0.25, 0.3) is 12.9 Å². The Balaban J connectivity index is 0.000000246. The van der Waals surface area contributed by atoms with Crippen LogP contribution in [-0.4, -0.2) is 21.3 Å². The highest BCUT2D eigenvalue weighted by atomic mass is 31.2. The van der Waals surface area contributed by atoms with Crippen LogP contribution >= 0.6 is 15.0 Å². The van der Waals surface area contributed by atoms with Crippen molar-refractivity contribution in [2.75, 3.05) is 0 Å². The lowest BCUT2D eigenvalue weighted by Gasteiger charge is -2.17. The second kappa shape index (κ2) is 14.7. The third-order valence-electron chi connectivity index (χ3n) is 7.84. The lowest BCUT2D eigenvalue weighted by Crippen LogP contribution is -2.18. The minimum Gasteiger partial charge on any atom is -0.385 e. The van der Waals surface area contributed by atoms with Crippen LogP contribution in [0.2, 0.25) is 0 Å². The predicted octanol–water partition coefficient (Wildman–Crippen LogP) is 7.75. The normalized spacial score (nSPS) is 13.6. The van der Waals surface area contributed by atoms with E-state index in [1.54, 1.807) is 57.2 Å². The van der Waals surface area contributed by atoms with Crippen LogP contribution in [-0.2, 0) is 26.5 Å². The molecule has 4 rings (SSSR count). The molecule has 238 valence electrons. The van der Waals surface area contributed by atoms with Gasteiger partial charge in [-0.2, -0.15) is 0 Å². The zero-order valence-corrected chi connectivity index (χ0v) is 29.0. The average Bonchev–Trinajstić information content (AvgIpc) is 2.97. The third-order valence-corrected chi connectivity index (χ3v) is 11.1. The van der Waals surface area contributed by atoms with Gasteiger partial charge in [0, 0.05) is 10.9 Å². The molecule has 4 aromatic carbocycles. The first-order valence-corrected chi connectivity index (χ1v) is 18.1. The van der Waals surface area contributed by atoms with E-state index in [0.29, 0.717) is 17.5 Å². The number of carbonyl (C=O) groups excluding carboxylic acids is 2. The summed E-state index contributed by atoms with van der Waals surface area (Å²) in [6.07, 6.45) is 1.40. The molecule has 0 saturated carbocycles. The van der Waals surface area contributed by atoms with Crippen molar-refractivity contribution >= 4 is 37.1 Å². The maximum absolute atomic E-state index is 12.9. The molecule has 2 atom stereocenters. The van der Waals surface area contributed by atoms with Crippen molar-refractivity contribution in [3.8, 4) is 0 Å². The molecule has 2 unspecified atom stereocenters. The molecular weight excluding hydrogens is 606 g/mol. The summed E-state index contributed by atoms with van der Waals surface area (Å²) in [6, 6.07) is 20.5. The minimum atomic E-state index is -4.19. The summed E-state index contributed by atoms with van der Waals surface area (Å²) in [5, 5.41) is 0.355.